The number of rotatable bonds is 3. The summed E-state index contributed by atoms with van der Waals surface area (Å²) in [5.41, 5.74) is 0.870. The van der Waals surface area contributed by atoms with Crippen LogP contribution in [0.2, 0.25) is 5.02 Å². The molecule has 0 saturated carbocycles. The quantitative estimate of drug-likeness (QED) is 0.483. The molecule has 0 unspecified atom stereocenters. The SMILES string of the molecule is N#CN=C(Cc1ccccc1Cl)Oc1ccccc1. The molecule has 0 heterocycles. The van der Waals surface area contributed by atoms with E-state index >= 15 is 0 Å². The van der Waals surface area contributed by atoms with Crippen molar-refractivity contribution in [3.05, 3.63) is 65.2 Å². The highest BCUT2D eigenvalue weighted by molar-refractivity contribution is 6.31. The van der Waals surface area contributed by atoms with Crippen molar-refractivity contribution in [1.82, 2.24) is 0 Å². The molecule has 19 heavy (non-hydrogen) atoms. The van der Waals surface area contributed by atoms with Crippen molar-refractivity contribution < 1.29 is 4.74 Å². The summed E-state index contributed by atoms with van der Waals surface area (Å²) in [5, 5.41) is 9.34. The summed E-state index contributed by atoms with van der Waals surface area (Å²) in [6, 6.07) is 16.6. The molecular weight excluding hydrogens is 260 g/mol. The third-order valence-electron chi connectivity index (χ3n) is 2.45. The molecule has 0 atom stereocenters. The molecule has 0 bridgehead atoms. The standard InChI is InChI=1S/C15H11ClN2O/c16-14-9-5-4-6-12(14)10-15(18-11-17)19-13-7-2-1-3-8-13/h1-9H,10H2. The Kier molecular flexibility index (Phi) is 4.54. The van der Waals surface area contributed by atoms with Crippen LogP contribution in [0.15, 0.2) is 59.6 Å². The number of benzene rings is 2. The van der Waals surface area contributed by atoms with Gasteiger partial charge in [0.1, 0.15) is 5.75 Å². The number of para-hydroxylation sites is 1. The number of nitriles is 1. The summed E-state index contributed by atoms with van der Waals surface area (Å²) >= 11 is 6.08. The lowest BCUT2D eigenvalue weighted by molar-refractivity contribution is 0.538. The molecule has 0 aliphatic heterocycles. The van der Waals surface area contributed by atoms with Crippen molar-refractivity contribution in [2.75, 3.05) is 0 Å². The van der Waals surface area contributed by atoms with E-state index in [-0.39, 0.29) is 0 Å². The van der Waals surface area contributed by atoms with Crippen LogP contribution in [0.5, 0.6) is 5.75 Å². The Morgan fingerprint density at radius 3 is 2.47 bits per heavy atom. The maximum atomic E-state index is 8.71. The fraction of sp³-hybridized carbons (Fsp3) is 0.0667. The molecule has 2 aromatic carbocycles. The Morgan fingerprint density at radius 1 is 1.11 bits per heavy atom. The zero-order valence-electron chi connectivity index (χ0n) is 10.1. The zero-order chi connectivity index (χ0) is 13.5. The molecule has 0 aliphatic rings. The van der Waals surface area contributed by atoms with Gasteiger partial charge < -0.3 is 4.74 Å². The van der Waals surface area contributed by atoms with Crippen LogP contribution in [0.3, 0.4) is 0 Å². The lowest BCUT2D eigenvalue weighted by atomic mass is 10.1. The average molecular weight is 271 g/mol. The molecule has 0 fully saturated rings. The van der Waals surface area contributed by atoms with E-state index in [2.05, 4.69) is 4.99 Å². The van der Waals surface area contributed by atoms with E-state index in [1.165, 1.54) is 0 Å². The van der Waals surface area contributed by atoms with Gasteiger partial charge in [-0.1, -0.05) is 48.0 Å². The molecule has 94 valence electrons. The zero-order valence-corrected chi connectivity index (χ0v) is 10.8. The van der Waals surface area contributed by atoms with Gasteiger partial charge in [0.2, 0.25) is 12.1 Å². The predicted molar refractivity (Wildman–Crippen MR) is 75.3 cm³/mol. The molecule has 4 heteroatoms. The number of halogens is 1. The van der Waals surface area contributed by atoms with Crippen LogP contribution < -0.4 is 4.74 Å². The van der Waals surface area contributed by atoms with Crippen LogP contribution in [0.4, 0.5) is 0 Å². The average Bonchev–Trinajstić information content (AvgIpc) is 2.43. The number of hydrogen-bond donors (Lipinski definition) is 0. The molecular formula is C15H11ClN2O. The topological polar surface area (TPSA) is 45.4 Å². The van der Waals surface area contributed by atoms with E-state index in [9.17, 15) is 0 Å². The van der Waals surface area contributed by atoms with Crippen LogP contribution in [0.1, 0.15) is 5.56 Å². The summed E-state index contributed by atoms with van der Waals surface area (Å²) in [5.74, 6) is 0.963. The van der Waals surface area contributed by atoms with Crippen LogP contribution in [0.25, 0.3) is 0 Å². The highest BCUT2D eigenvalue weighted by Gasteiger charge is 2.07. The van der Waals surface area contributed by atoms with Gasteiger partial charge in [0.25, 0.3) is 0 Å². The first-order chi connectivity index (χ1) is 9.29. The monoisotopic (exact) mass is 270 g/mol. The second-order valence-electron chi connectivity index (χ2n) is 3.79. The van der Waals surface area contributed by atoms with Crippen LogP contribution in [-0.4, -0.2) is 5.90 Å². The highest BCUT2D eigenvalue weighted by Crippen LogP contribution is 2.17. The first-order valence-electron chi connectivity index (χ1n) is 5.71. The third kappa shape index (κ3) is 3.84. The van der Waals surface area contributed by atoms with E-state index in [4.69, 9.17) is 21.6 Å². The normalized spacial score (nSPS) is 10.8. The largest absolute Gasteiger partial charge is 0.442 e. The smallest absolute Gasteiger partial charge is 0.210 e. The molecule has 0 amide bonds. The van der Waals surface area contributed by atoms with Gasteiger partial charge in [-0.3, -0.25) is 0 Å². The Bertz CT molecular complexity index is 618. The van der Waals surface area contributed by atoms with E-state index in [1.54, 1.807) is 24.4 Å². The minimum atomic E-state index is 0.321. The van der Waals surface area contributed by atoms with Gasteiger partial charge in [0, 0.05) is 5.02 Å². The predicted octanol–water partition coefficient (Wildman–Crippen LogP) is 3.84. The maximum Gasteiger partial charge on any atom is 0.210 e. The van der Waals surface area contributed by atoms with Gasteiger partial charge in [-0.05, 0) is 23.8 Å². The number of ether oxygens (including phenoxy) is 1. The minimum absolute atomic E-state index is 0.321. The van der Waals surface area contributed by atoms with Crippen molar-refractivity contribution in [3.63, 3.8) is 0 Å². The highest BCUT2D eigenvalue weighted by atomic mass is 35.5. The van der Waals surface area contributed by atoms with Crippen LogP contribution in [-0.2, 0) is 6.42 Å². The summed E-state index contributed by atoms with van der Waals surface area (Å²) in [6.07, 6.45) is 2.12. The van der Waals surface area contributed by atoms with Crippen LogP contribution in [0, 0.1) is 11.5 Å². The van der Waals surface area contributed by atoms with Crippen molar-refractivity contribution in [3.8, 4) is 11.9 Å². The van der Waals surface area contributed by atoms with E-state index in [0.29, 0.717) is 23.1 Å². The summed E-state index contributed by atoms with van der Waals surface area (Å²) in [7, 11) is 0. The van der Waals surface area contributed by atoms with Crippen molar-refractivity contribution in [1.29, 1.82) is 5.26 Å². The fourth-order valence-electron chi connectivity index (χ4n) is 1.58. The summed E-state index contributed by atoms with van der Waals surface area (Å²) in [6.45, 7) is 0. The molecule has 0 spiro atoms. The second-order valence-corrected chi connectivity index (χ2v) is 4.20. The Balaban J connectivity index is 2.17. The first-order valence-corrected chi connectivity index (χ1v) is 6.09. The Morgan fingerprint density at radius 2 is 1.79 bits per heavy atom. The van der Waals surface area contributed by atoms with Gasteiger partial charge in [-0.15, -0.1) is 4.99 Å². The van der Waals surface area contributed by atoms with Gasteiger partial charge in [-0.25, -0.2) is 0 Å². The van der Waals surface area contributed by atoms with E-state index < -0.39 is 0 Å². The Labute approximate surface area is 116 Å². The van der Waals surface area contributed by atoms with Crippen molar-refractivity contribution >= 4 is 17.5 Å². The molecule has 2 aromatic rings. The Hall–Kier alpha value is -2.31. The van der Waals surface area contributed by atoms with Crippen molar-refractivity contribution in [2.24, 2.45) is 4.99 Å². The van der Waals surface area contributed by atoms with Crippen molar-refractivity contribution in [2.45, 2.75) is 6.42 Å². The van der Waals surface area contributed by atoms with E-state index in [0.717, 1.165) is 5.56 Å². The number of nitrogens with zero attached hydrogens (tertiary/aromatic N) is 2. The summed E-state index contributed by atoms with van der Waals surface area (Å²) < 4.78 is 5.58. The number of hydrogen-bond acceptors (Lipinski definition) is 3. The molecule has 0 aliphatic carbocycles. The third-order valence-corrected chi connectivity index (χ3v) is 2.82. The van der Waals surface area contributed by atoms with E-state index in [1.807, 2.05) is 36.4 Å². The summed E-state index contributed by atoms with van der Waals surface area (Å²) in [4.78, 5) is 3.70. The maximum absolute atomic E-state index is 8.71. The molecule has 3 nitrogen and oxygen atoms in total. The second kappa shape index (κ2) is 6.58. The lowest BCUT2D eigenvalue weighted by Crippen LogP contribution is -2.12. The molecule has 2 rings (SSSR count). The molecule has 0 aromatic heterocycles. The molecule has 0 radical (unpaired) electrons. The van der Waals surface area contributed by atoms with Crippen LogP contribution >= 0.6 is 11.6 Å². The first kappa shape index (κ1) is 13.1. The lowest BCUT2D eigenvalue weighted by Gasteiger charge is -2.08. The minimum Gasteiger partial charge on any atom is -0.442 e. The van der Waals surface area contributed by atoms with Gasteiger partial charge in [0.15, 0.2) is 0 Å². The van der Waals surface area contributed by atoms with Gasteiger partial charge in [-0.2, -0.15) is 5.26 Å². The number of aliphatic imine (C=N–C) groups is 1. The fourth-order valence-corrected chi connectivity index (χ4v) is 1.79. The van der Waals surface area contributed by atoms with Gasteiger partial charge in [0.05, 0.1) is 6.42 Å². The molecule has 0 N–H and O–H groups in total. The molecule has 0 saturated heterocycles. The van der Waals surface area contributed by atoms with Gasteiger partial charge >= 0.3 is 0 Å².